The second-order valence-corrected chi connectivity index (χ2v) is 6.75. The van der Waals surface area contributed by atoms with Crippen molar-refractivity contribution < 1.29 is 4.74 Å². The molecule has 2 rings (SSSR count). The van der Waals surface area contributed by atoms with Crippen molar-refractivity contribution in [3.63, 3.8) is 0 Å². The lowest BCUT2D eigenvalue weighted by Gasteiger charge is -2.10. The maximum atomic E-state index is 6.10. The van der Waals surface area contributed by atoms with Crippen LogP contribution in [-0.4, -0.2) is 25.2 Å². The fourth-order valence-electron chi connectivity index (χ4n) is 1.72. The Labute approximate surface area is 142 Å². The Balaban J connectivity index is 2.08. The normalized spacial score (nSPS) is 10.8. The van der Waals surface area contributed by atoms with E-state index in [4.69, 9.17) is 16.3 Å². The minimum atomic E-state index is 0.692. The molecule has 0 amide bonds. The summed E-state index contributed by atoms with van der Waals surface area (Å²) in [7, 11) is 1.70. The van der Waals surface area contributed by atoms with E-state index in [0.717, 1.165) is 38.1 Å². The zero-order chi connectivity index (χ0) is 15.1. The Kier molecular flexibility index (Phi) is 6.99. The Morgan fingerprint density at radius 3 is 2.90 bits per heavy atom. The van der Waals surface area contributed by atoms with E-state index >= 15 is 0 Å². The van der Waals surface area contributed by atoms with Crippen LogP contribution in [0.3, 0.4) is 0 Å². The lowest BCUT2D eigenvalue weighted by molar-refractivity contribution is 0.199. The van der Waals surface area contributed by atoms with Crippen LogP contribution in [0.2, 0.25) is 5.02 Å². The lowest BCUT2D eigenvalue weighted by atomic mass is 10.2. The highest BCUT2D eigenvalue weighted by molar-refractivity contribution is 9.10. The molecule has 3 nitrogen and oxygen atoms in total. The highest BCUT2D eigenvalue weighted by Crippen LogP contribution is 2.31. The van der Waals surface area contributed by atoms with Gasteiger partial charge in [0.1, 0.15) is 5.03 Å². The quantitative estimate of drug-likeness (QED) is 0.715. The van der Waals surface area contributed by atoms with E-state index in [0.29, 0.717) is 6.61 Å². The van der Waals surface area contributed by atoms with Gasteiger partial charge in [-0.25, -0.2) is 4.98 Å². The smallest absolute Gasteiger partial charge is 0.101 e. The zero-order valence-electron chi connectivity index (χ0n) is 11.6. The van der Waals surface area contributed by atoms with Crippen molar-refractivity contribution in [3.05, 3.63) is 51.6 Å². The van der Waals surface area contributed by atoms with Crippen LogP contribution in [0.15, 0.2) is 50.9 Å². The summed E-state index contributed by atoms with van der Waals surface area (Å²) < 4.78 is 6.01. The molecule has 0 unspecified atom stereocenters. The third-order valence-corrected chi connectivity index (χ3v) is 4.51. The fourth-order valence-corrected chi connectivity index (χ4v) is 3.01. The van der Waals surface area contributed by atoms with Gasteiger partial charge < -0.3 is 10.1 Å². The number of rotatable bonds is 7. The van der Waals surface area contributed by atoms with Crippen LogP contribution in [0.25, 0.3) is 0 Å². The number of nitrogens with zero attached hydrogens (tertiary/aromatic N) is 1. The maximum Gasteiger partial charge on any atom is 0.101 e. The van der Waals surface area contributed by atoms with Crippen molar-refractivity contribution in [1.82, 2.24) is 10.3 Å². The number of ether oxygens (including phenoxy) is 1. The van der Waals surface area contributed by atoms with Crippen LogP contribution in [0, 0.1) is 0 Å². The van der Waals surface area contributed by atoms with Gasteiger partial charge in [0.25, 0.3) is 0 Å². The lowest BCUT2D eigenvalue weighted by Crippen LogP contribution is -2.18. The largest absolute Gasteiger partial charge is 0.383 e. The minimum absolute atomic E-state index is 0.692. The zero-order valence-corrected chi connectivity index (χ0v) is 14.8. The van der Waals surface area contributed by atoms with Gasteiger partial charge in [-0.2, -0.15) is 0 Å². The molecule has 0 aliphatic rings. The van der Waals surface area contributed by atoms with Crippen LogP contribution in [0.4, 0.5) is 0 Å². The molecule has 21 heavy (non-hydrogen) atoms. The molecule has 0 bridgehead atoms. The summed E-state index contributed by atoms with van der Waals surface area (Å²) in [4.78, 5) is 5.54. The molecule has 0 spiro atoms. The van der Waals surface area contributed by atoms with E-state index in [2.05, 4.69) is 26.2 Å². The van der Waals surface area contributed by atoms with E-state index < -0.39 is 0 Å². The fraction of sp³-hybridized carbons (Fsp3) is 0.267. The molecule has 1 aromatic carbocycles. The highest BCUT2D eigenvalue weighted by atomic mass is 79.9. The van der Waals surface area contributed by atoms with Gasteiger partial charge >= 0.3 is 0 Å². The van der Waals surface area contributed by atoms with Gasteiger partial charge in [-0.05, 0) is 51.8 Å². The van der Waals surface area contributed by atoms with Gasteiger partial charge in [-0.3, -0.25) is 0 Å². The van der Waals surface area contributed by atoms with Crippen molar-refractivity contribution in [2.24, 2.45) is 0 Å². The van der Waals surface area contributed by atoms with Crippen LogP contribution in [0.5, 0.6) is 0 Å². The first-order valence-corrected chi connectivity index (χ1v) is 8.45. The summed E-state index contributed by atoms with van der Waals surface area (Å²) in [6, 6.07) is 9.90. The predicted octanol–water partition coefficient (Wildman–Crippen LogP) is 4.38. The summed E-state index contributed by atoms with van der Waals surface area (Å²) in [5.41, 5.74) is 1.16. The molecule has 1 N–H and O–H groups in total. The Morgan fingerprint density at radius 1 is 1.33 bits per heavy atom. The number of hydrogen-bond donors (Lipinski definition) is 1. The van der Waals surface area contributed by atoms with Gasteiger partial charge in [0.05, 0.1) is 6.61 Å². The predicted molar refractivity (Wildman–Crippen MR) is 91.1 cm³/mol. The van der Waals surface area contributed by atoms with E-state index in [1.54, 1.807) is 25.1 Å². The molecule has 0 fully saturated rings. The molecular weight excluding hydrogens is 372 g/mol. The minimum Gasteiger partial charge on any atom is -0.383 e. The molecule has 1 heterocycles. The van der Waals surface area contributed by atoms with Crippen molar-refractivity contribution in [2.75, 3.05) is 20.3 Å². The molecule has 0 atom stereocenters. The van der Waals surface area contributed by atoms with Crippen LogP contribution >= 0.6 is 39.3 Å². The molecule has 0 saturated heterocycles. The van der Waals surface area contributed by atoms with Crippen LogP contribution < -0.4 is 5.32 Å². The standard InChI is InChI=1S/C15H16BrClN2OS/c1-20-7-6-18-9-11-8-13(17)3-4-14(11)21-15-5-2-12(16)10-19-15/h2-5,8,10,18H,6-7,9H2,1H3. The number of benzene rings is 1. The van der Waals surface area contributed by atoms with Gasteiger partial charge in [0, 0.05) is 40.8 Å². The third-order valence-electron chi connectivity index (χ3n) is 2.74. The van der Waals surface area contributed by atoms with Crippen molar-refractivity contribution in [2.45, 2.75) is 16.5 Å². The first-order chi connectivity index (χ1) is 10.2. The number of pyridine rings is 1. The van der Waals surface area contributed by atoms with E-state index in [-0.39, 0.29) is 0 Å². The SMILES string of the molecule is COCCNCc1cc(Cl)ccc1Sc1ccc(Br)cn1. The van der Waals surface area contributed by atoms with Crippen molar-refractivity contribution in [1.29, 1.82) is 0 Å². The number of aromatic nitrogens is 1. The van der Waals surface area contributed by atoms with E-state index in [9.17, 15) is 0 Å². The second kappa shape index (κ2) is 8.76. The van der Waals surface area contributed by atoms with Crippen molar-refractivity contribution >= 4 is 39.3 Å². The van der Waals surface area contributed by atoms with E-state index in [1.165, 1.54) is 0 Å². The molecule has 1 aromatic heterocycles. The Hall–Kier alpha value is -0.590. The molecule has 6 heteroatoms. The van der Waals surface area contributed by atoms with Gasteiger partial charge in [-0.15, -0.1) is 0 Å². The number of nitrogens with one attached hydrogen (secondary N) is 1. The van der Waals surface area contributed by atoms with Gasteiger partial charge in [0.2, 0.25) is 0 Å². The molecule has 0 aliphatic heterocycles. The highest BCUT2D eigenvalue weighted by Gasteiger charge is 2.06. The first-order valence-electron chi connectivity index (χ1n) is 6.46. The van der Waals surface area contributed by atoms with Gasteiger partial charge in [-0.1, -0.05) is 23.4 Å². The average molecular weight is 388 g/mol. The number of hydrogen-bond acceptors (Lipinski definition) is 4. The second-order valence-electron chi connectivity index (χ2n) is 4.34. The number of halogens is 2. The Morgan fingerprint density at radius 2 is 2.19 bits per heavy atom. The summed E-state index contributed by atoms with van der Waals surface area (Å²) in [5, 5.41) is 5.04. The topological polar surface area (TPSA) is 34.1 Å². The number of methoxy groups -OCH3 is 1. The van der Waals surface area contributed by atoms with Crippen LogP contribution in [0.1, 0.15) is 5.56 Å². The van der Waals surface area contributed by atoms with Crippen molar-refractivity contribution in [3.8, 4) is 0 Å². The average Bonchev–Trinajstić information content (AvgIpc) is 2.48. The first kappa shape index (κ1) is 16.8. The van der Waals surface area contributed by atoms with Gasteiger partial charge in [0.15, 0.2) is 0 Å². The molecule has 0 aliphatic carbocycles. The summed E-state index contributed by atoms with van der Waals surface area (Å²) in [6.45, 7) is 2.25. The van der Waals surface area contributed by atoms with Crippen LogP contribution in [-0.2, 0) is 11.3 Å². The molecule has 0 saturated carbocycles. The maximum absolute atomic E-state index is 6.10. The molecule has 112 valence electrons. The third kappa shape index (κ3) is 5.60. The monoisotopic (exact) mass is 386 g/mol. The summed E-state index contributed by atoms with van der Waals surface area (Å²) in [5.74, 6) is 0. The van der Waals surface area contributed by atoms with E-state index in [1.807, 2.05) is 30.3 Å². The molecular formula is C15H16BrClN2OS. The summed E-state index contributed by atoms with van der Waals surface area (Å²) in [6.07, 6.45) is 1.80. The summed E-state index contributed by atoms with van der Waals surface area (Å²) >= 11 is 11.1. The molecule has 0 radical (unpaired) electrons. The Bertz CT molecular complexity index is 580. The molecule has 2 aromatic rings.